The van der Waals surface area contributed by atoms with Gasteiger partial charge in [-0.05, 0) is 37.4 Å². The Morgan fingerprint density at radius 1 is 1.25 bits per heavy atom. The van der Waals surface area contributed by atoms with Gasteiger partial charge in [-0.25, -0.2) is 13.1 Å². The molecule has 2 bridgehead atoms. The molecule has 1 aromatic carbocycles. The molecule has 3 rings (SSSR count). The van der Waals surface area contributed by atoms with Gasteiger partial charge in [0.15, 0.2) is 0 Å². The van der Waals surface area contributed by atoms with Crippen molar-refractivity contribution >= 4 is 15.7 Å². The second kappa shape index (κ2) is 4.80. The van der Waals surface area contributed by atoms with Crippen LogP contribution in [0, 0.1) is 16.0 Å². The number of nitro benzene ring substituents is 1. The molecule has 1 saturated heterocycles. The predicted octanol–water partition coefficient (Wildman–Crippen LogP) is 0.623. The molecule has 0 spiro atoms. The van der Waals surface area contributed by atoms with Crippen LogP contribution in [-0.2, 0) is 10.0 Å². The predicted molar refractivity (Wildman–Crippen MR) is 71.7 cm³/mol. The molecule has 1 saturated carbocycles. The van der Waals surface area contributed by atoms with Gasteiger partial charge in [0.25, 0.3) is 5.69 Å². The lowest BCUT2D eigenvalue weighted by atomic mass is 10.1. The lowest BCUT2D eigenvalue weighted by molar-refractivity contribution is -0.384. The summed E-state index contributed by atoms with van der Waals surface area (Å²) in [6.07, 6.45) is 1.81. The van der Waals surface area contributed by atoms with Gasteiger partial charge in [0.2, 0.25) is 10.0 Å². The maximum Gasteiger partial charge on any atom is 0.269 e. The van der Waals surface area contributed by atoms with Crippen molar-refractivity contribution in [3.05, 3.63) is 34.4 Å². The molecule has 2 N–H and O–H groups in total. The summed E-state index contributed by atoms with van der Waals surface area (Å²) in [5.74, 6) is 0.341. The van der Waals surface area contributed by atoms with Crippen molar-refractivity contribution < 1.29 is 13.3 Å². The number of fused-ring (bicyclic) bond motifs is 2. The van der Waals surface area contributed by atoms with Crippen LogP contribution in [0.3, 0.4) is 0 Å². The number of rotatable bonds is 4. The Labute approximate surface area is 116 Å². The highest BCUT2D eigenvalue weighted by Crippen LogP contribution is 2.32. The van der Waals surface area contributed by atoms with Gasteiger partial charge in [-0.3, -0.25) is 10.1 Å². The minimum absolute atomic E-state index is 0.0403. The monoisotopic (exact) mass is 297 g/mol. The van der Waals surface area contributed by atoms with Crippen molar-refractivity contribution in [3.63, 3.8) is 0 Å². The van der Waals surface area contributed by atoms with Crippen LogP contribution in [0.4, 0.5) is 5.69 Å². The van der Waals surface area contributed by atoms with Crippen molar-refractivity contribution in [2.75, 3.05) is 6.54 Å². The Balaban J connectivity index is 1.76. The maximum absolute atomic E-state index is 12.2. The summed E-state index contributed by atoms with van der Waals surface area (Å²) < 4.78 is 27.2. The van der Waals surface area contributed by atoms with E-state index in [0.717, 1.165) is 19.4 Å². The van der Waals surface area contributed by atoms with E-state index in [1.807, 2.05) is 0 Å². The smallest absolute Gasteiger partial charge is 0.269 e. The van der Waals surface area contributed by atoms with E-state index in [9.17, 15) is 18.5 Å². The summed E-state index contributed by atoms with van der Waals surface area (Å²) in [6.45, 7) is 0.845. The van der Waals surface area contributed by atoms with E-state index in [1.165, 1.54) is 24.3 Å². The van der Waals surface area contributed by atoms with Crippen molar-refractivity contribution in [2.45, 2.75) is 29.8 Å². The Morgan fingerprint density at radius 3 is 2.45 bits per heavy atom. The van der Waals surface area contributed by atoms with Crippen LogP contribution in [0.15, 0.2) is 29.2 Å². The van der Waals surface area contributed by atoms with Gasteiger partial charge in [0.1, 0.15) is 0 Å². The molecule has 1 aliphatic carbocycles. The number of benzene rings is 1. The number of nitrogens with one attached hydrogen (secondary N) is 2. The van der Waals surface area contributed by atoms with Gasteiger partial charge in [-0.2, -0.15) is 0 Å². The Bertz CT molecular complexity index is 629. The van der Waals surface area contributed by atoms with Gasteiger partial charge < -0.3 is 5.32 Å². The number of hydrogen-bond donors (Lipinski definition) is 2. The SMILES string of the molecule is O=[N+]([O-])c1ccc(S(=O)(=O)NC2CC3CC2CN3)cc1. The highest BCUT2D eigenvalue weighted by atomic mass is 32.2. The Kier molecular flexibility index (Phi) is 3.23. The van der Waals surface area contributed by atoms with Crippen LogP contribution in [0.1, 0.15) is 12.8 Å². The highest BCUT2D eigenvalue weighted by Gasteiger charge is 2.41. The third-order valence-corrected chi connectivity index (χ3v) is 5.53. The summed E-state index contributed by atoms with van der Waals surface area (Å²) in [6, 6.07) is 5.32. The van der Waals surface area contributed by atoms with Crippen LogP contribution in [-0.4, -0.2) is 32.0 Å². The molecule has 1 aliphatic heterocycles. The molecular weight excluding hydrogens is 282 g/mol. The van der Waals surface area contributed by atoms with Gasteiger partial charge in [0, 0.05) is 24.2 Å². The molecule has 0 radical (unpaired) electrons. The van der Waals surface area contributed by atoms with Crippen LogP contribution >= 0.6 is 0 Å². The number of non-ortho nitro benzene ring substituents is 1. The number of sulfonamides is 1. The first-order chi connectivity index (χ1) is 9.45. The molecule has 1 heterocycles. The van der Waals surface area contributed by atoms with E-state index < -0.39 is 14.9 Å². The minimum Gasteiger partial charge on any atom is -0.314 e. The summed E-state index contributed by atoms with van der Waals surface area (Å²) >= 11 is 0. The molecule has 3 unspecified atom stereocenters. The highest BCUT2D eigenvalue weighted by molar-refractivity contribution is 7.89. The third kappa shape index (κ3) is 2.41. The summed E-state index contributed by atoms with van der Waals surface area (Å²) in [7, 11) is -3.61. The first-order valence-electron chi connectivity index (χ1n) is 6.46. The fourth-order valence-electron chi connectivity index (χ4n) is 2.99. The number of hydrogen-bond acceptors (Lipinski definition) is 5. The quantitative estimate of drug-likeness (QED) is 0.627. The minimum atomic E-state index is -3.61. The first kappa shape index (κ1) is 13.5. The maximum atomic E-state index is 12.2. The molecule has 2 fully saturated rings. The molecule has 2 aliphatic rings. The standard InChI is InChI=1S/C12H15N3O4S/c16-15(17)10-1-3-11(4-2-10)20(18,19)14-12-6-9-5-8(12)7-13-9/h1-4,8-9,12-14H,5-7H2. The van der Waals surface area contributed by atoms with Gasteiger partial charge in [-0.15, -0.1) is 0 Å². The van der Waals surface area contributed by atoms with E-state index in [-0.39, 0.29) is 16.6 Å². The Hall–Kier alpha value is -1.51. The van der Waals surface area contributed by atoms with Crippen LogP contribution < -0.4 is 10.0 Å². The van der Waals surface area contributed by atoms with E-state index in [2.05, 4.69) is 10.0 Å². The first-order valence-corrected chi connectivity index (χ1v) is 7.94. The van der Waals surface area contributed by atoms with E-state index >= 15 is 0 Å². The van der Waals surface area contributed by atoms with Crippen molar-refractivity contribution in [1.29, 1.82) is 0 Å². The lowest BCUT2D eigenvalue weighted by Gasteiger charge is -2.23. The van der Waals surface area contributed by atoms with Crippen LogP contribution in [0.25, 0.3) is 0 Å². The van der Waals surface area contributed by atoms with Crippen LogP contribution in [0.2, 0.25) is 0 Å². The van der Waals surface area contributed by atoms with E-state index in [1.54, 1.807) is 0 Å². The van der Waals surface area contributed by atoms with E-state index in [0.29, 0.717) is 12.0 Å². The number of piperidine rings is 1. The van der Waals surface area contributed by atoms with Crippen LogP contribution in [0.5, 0.6) is 0 Å². The molecule has 1 aromatic rings. The molecule has 108 valence electrons. The molecule has 20 heavy (non-hydrogen) atoms. The normalized spacial score (nSPS) is 28.7. The fraction of sp³-hybridized carbons (Fsp3) is 0.500. The summed E-state index contributed by atoms with van der Waals surface area (Å²) in [4.78, 5) is 10.1. The lowest BCUT2D eigenvalue weighted by Crippen LogP contribution is -2.44. The number of nitro groups is 1. The second-order valence-corrected chi connectivity index (χ2v) is 7.03. The van der Waals surface area contributed by atoms with Crippen molar-refractivity contribution in [2.24, 2.45) is 5.92 Å². The molecule has 0 aromatic heterocycles. The zero-order chi connectivity index (χ0) is 14.3. The summed E-state index contributed by atoms with van der Waals surface area (Å²) in [5.41, 5.74) is -0.118. The van der Waals surface area contributed by atoms with Crippen molar-refractivity contribution in [1.82, 2.24) is 10.0 Å². The van der Waals surface area contributed by atoms with Gasteiger partial charge in [0.05, 0.1) is 9.82 Å². The number of nitrogens with zero attached hydrogens (tertiary/aromatic N) is 1. The topological polar surface area (TPSA) is 101 Å². The average Bonchev–Trinajstić information content (AvgIpc) is 3.00. The largest absolute Gasteiger partial charge is 0.314 e. The molecule has 3 atom stereocenters. The Morgan fingerprint density at radius 2 is 1.95 bits per heavy atom. The second-order valence-electron chi connectivity index (χ2n) is 5.32. The zero-order valence-corrected chi connectivity index (χ0v) is 11.5. The fourth-order valence-corrected chi connectivity index (χ4v) is 4.31. The van der Waals surface area contributed by atoms with E-state index in [4.69, 9.17) is 0 Å². The molecule has 0 amide bonds. The van der Waals surface area contributed by atoms with Gasteiger partial charge in [-0.1, -0.05) is 0 Å². The summed E-state index contributed by atoms with van der Waals surface area (Å²) in [5, 5.41) is 13.9. The molecular formula is C12H15N3O4S. The molecule has 7 nitrogen and oxygen atoms in total. The van der Waals surface area contributed by atoms with Gasteiger partial charge >= 0.3 is 0 Å². The zero-order valence-electron chi connectivity index (χ0n) is 10.7. The van der Waals surface area contributed by atoms with Crippen molar-refractivity contribution in [3.8, 4) is 0 Å². The average molecular weight is 297 g/mol. The third-order valence-electron chi connectivity index (χ3n) is 4.03. The molecule has 8 heteroatoms.